The fourth-order valence-corrected chi connectivity index (χ4v) is 3.42. The monoisotopic (exact) mass is 359 g/mol. The van der Waals surface area contributed by atoms with Crippen LogP contribution in [-0.4, -0.2) is 38.2 Å². The third-order valence-corrected chi connectivity index (χ3v) is 4.86. The van der Waals surface area contributed by atoms with Crippen LogP contribution in [0.5, 0.6) is 5.75 Å². The van der Waals surface area contributed by atoms with Crippen molar-refractivity contribution in [3.8, 4) is 5.75 Å². The number of hydrogen-bond donors (Lipinski definition) is 2. The Morgan fingerprint density at radius 2 is 2.22 bits per heavy atom. The molecule has 1 heterocycles. The molecule has 2 rings (SSSR count). The molecule has 0 aromatic heterocycles. The SMILES string of the molecule is C[C@@H]1CCCC[NH+]1CCCNC(=O)COc1ccc(Cl)cc1Cl. The zero-order valence-corrected chi connectivity index (χ0v) is 15.1. The lowest BCUT2D eigenvalue weighted by atomic mass is 10.0. The van der Waals surface area contributed by atoms with Crippen LogP contribution in [-0.2, 0) is 4.79 Å². The van der Waals surface area contributed by atoms with Crippen LogP contribution >= 0.6 is 23.2 Å². The minimum atomic E-state index is -0.127. The maximum absolute atomic E-state index is 11.8. The van der Waals surface area contributed by atoms with Gasteiger partial charge in [-0.25, -0.2) is 0 Å². The molecule has 0 radical (unpaired) electrons. The number of benzene rings is 1. The standard InChI is InChI=1S/C17H24Cl2N2O2/c1-13-5-2-3-9-21(13)10-4-8-20-17(22)12-23-16-7-6-14(18)11-15(16)19/h6-7,11,13H,2-5,8-10,12H2,1H3,(H,20,22)/p+1/t13-/m1/s1. The third-order valence-electron chi connectivity index (χ3n) is 4.33. The minimum absolute atomic E-state index is 0.0334. The highest BCUT2D eigenvalue weighted by atomic mass is 35.5. The van der Waals surface area contributed by atoms with Crippen molar-refractivity contribution < 1.29 is 14.4 Å². The number of quaternary nitrogens is 1. The van der Waals surface area contributed by atoms with E-state index in [9.17, 15) is 4.79 Å². The Kier molecular flexibility index (Phi) is 7.47. The summed E-state index contributed by atoms with van der Waals surface area (Å²) >= 11 is 11.8. The summed E-state index contributed by atoms with van der Waals surface area (Å²) in [6.45, 7) is 5.34. The summed E-state index contributed by atoms with van der Waals surface area (Å²) in [5.41, 5.74) is 0. The molecule has 0 aliphatic carbocycles. The first-order chi connectivity index (χ1) is 11.1. The van der Waals surface area contributed by atoms with Gasteiger partial charge in [0.2, 0.25) is 0 Å². The van der Waals surface area contributed by atoms with E-state index in [1.54, 1.807) is 23.1 Å². The number of nitrogens with one attached hydrogen (secondary N) is 2. The molecule has 1 aliphatic heterocycles. The summed E-state index contributed by atoms with van der Waals surface area (Å²) < 4.78 is 5.41. The molecule has 1 aromatic carbocycles. The van der Waals surface area contributed by atoms with Gasteiger partial charge in [-0.05, 0) is 44.4 Å². The molecule has 0 spiro atoms. The smallest absolute Gasteiger partial charge is 0.257 e. The van der Waals surface area contributed by atoms with Crippen LogP contribution in [0.15, 0.2) is 18.2 Å². The van der Waals surface area contributed by atoms with Crippen LogP contribution in [0.2, 0.25) is 10.0 Å². The van der Waals surface area contributed by atoms with Gasteiger partial charge in [-0.15, -0.1) is 0 Å². The summed E-state index contributed by atoms with van der Waals surface area (Å²) in [5, 5.41) is 3.84. The number of rotatable bonds is 7. The molecule has 128 valence electrons. The quantitative estimate of drug-likeness (QED) is 0.733. The average Bonchev–Trinajstić information content (AvgIpc) is 2.52. The summed E-state index contributed by atoms with van der Waals surface area (Å²) in [7, 11) is 0. The van der Waals surface area contributed by atoms with E-state index < -0.39 is 0 Å². The van der Waals surface area contributed by atoms with Gasteiger partial charge >= 0.3 is 0 Å². The second-order valence-corrected chi connectivity index (χ2v) is 6.97. The number of carbonyl (C=O) groups is 1. The Hall–Kier alpha value is -0.970. The molecule has 1 amide bonds. The molecule has 23 heavy (non-hydrogen) atoms. The topological polar surface area (TPSA) is 42.8 Å². The van der Waals surface area contributed by atoms with E-state index in [1.807, 2.05) is 0 Å². The van der Waals surface area contributed by atoms with Crippen molar-refractivity contribution in [2.75, 3.05) is 26.2 Å². The lowest BCUT2D eigenvalue weighted by Gasteiger charge is -2.30. The van der Waals surface area contributed by atoms with E-state index in [2.05, 4.69) is 12.2 Å². The molecule has 2 atom stereocenters. The number of hydrogen-bond acceptors (Lipinski definition) is 2. The zero-order chi connectivity index (χ0) is 16.7. The van der Waals surface area contributed by atoms with Gasteiger partial charge in [0.05, 0.1) is 24.2 Å². The number of likely N-dealkylation sites (tertiary alicyclic amines) is 1. The predicted molar refractivity (Wildman–Crippen MR) is 93.6 cm³/mol. The first-order valence-electron chi connectivity index (χ1n) is 8.25. The molecule has 2 N–H and O–H groups in total. The summed E-state index contributed by atoms with van der Waals surface area (Å²) in [4.78, 5) is 13.5. The maximum atomic E-state index is 11.8. The van der Waals surface area contributed by atoms with Gasteiger partial charge in [-0.3, -0.25) is 4.79 Å². The molecule has 1 aromatic rings. The second kappa shape index (κ2) is 9.36. The summed E-state index contributed by atoms with van der Waals surface area (Å²) in [6.07, 6.45) is 4.98. The van der Waals surface area contributed by atoms with Crippen molar-refractivity contribution in [2.24, 2.45) is 0 Å². The van der Waals surface area contributed by atoms with Gasteiger partial charge in [0.1, 0.15) is 5.75 Å². The Labute approximate surface area is 148 Å². The third kappa shape index (κ3) is 6.21. The molecule has 0 bridgehead atoms. The predicted octanol–water partition coefficient (Wildman–Crippen LogP) is 2.34. The van der Waals surface area contributed by atoms with Crippen molar-refractivity contribution in [1.29, 1.82) is 0 Å². The number of ether oxygens (including phenoxy) is 1. The average molecular weight is 360 g/mol. The van der Waals surface area contributed by atoms with Crippen LogP contribution < -0.4 is 15.0 Å². The van der Waals surface area contributed by atoms with Crippen molar-refractivity contribution in [3.05, 3.63) is 28.2 Å². The van der Waals surface area contributed by atoms with Crippen LogP contribution in [0.3, 0.4) is 0 Å². The second-order valence-electron chi connectivity index (χ2n) is 6.12. The van der Waals surface area contributed by atoms with Gasteiger partial charge in [-0.1, -0.05) is 23.2 Å². The fourth-order valence-electron chi connectivity index (χ4n) is 2.95. The molecule has 1 fully saturated rings. The lowest BCUT2D eigenvalue weighted by molar-refractivity contribution is -0.928. The minimum Gasteiger partial charge on any atom is -0.482 e. The molecule has 6 heteroatoms. The van der Waals surface area contributed by atoms with Gasteiger partial charge in [-0.2, -0.15) is 0 Å². The Morgan fingerprint density at radius 3 is 2.96 bits per heavy atom. The van der Waals surface area contributed by atoms with E-state index >= 15 is 0 Å². The number of carbonyl (C=O) groups excluding carboxylic acids is 1. The molecule has 0 saturated carbocycles. The van der Waals surface area contributed by atoms with Gasteiger partial charge in [0.25, 0.3) is 5.91 Å². The fraction of sp³-hybridized carbons (Fsp3) is 0.588. The first kappa shape index (κ1) is 18.4. The van der Waals surface area contributed by atoms with Crippen LogP contribution in [0.1, 0.15) is 32.6 Å². The van der Waals surface area contributed by atoms with E-state index in [-0.39, 0.29) is 12.5 Å². The number of halogens is 2. The molecule has 4 nitrogen and oxygen atoms in total. The lowest BCUT2D eigenvalue weighted by Crippen LogP contribution is -3.16. The highest BCUT2D eigenvalue weighted by Gasteiger charge is 2.20. The van der Waals surface area contributed by atoms with Crippen molar-refractivity contribution in [1.82, 2.24) is 5.32 Å². The number of amides is 1. The van der Waals surface area contributed by atoms with E-state index in [4.69, 9.17) is 27.9 Å². The maximum Gasteiger partial charge on any atom is 0.257 e. The van der Waals surface area contributed by atoms with Crippen LogP contribution in [0.4, 0.5) is 0 Å². The van der Waals surface area contributed by atoms with E-state index in [0.29, 0.717) is 22.3 Å². The van der Waals surface area contributed by atoms with Crippen LogP contribution in [0.25, 0.3) is 0 Å². The van der Waals surface area contributed by atoms with Crippen molar-refractivity contribution in [2.45, 2.75) is 38.6 Å². The van der Waals surface area contributed by atoms with Gasteiger partial charge in [0.15, 0.2) is 6.61 Å². The highest BCUT2D eigenvalue weighted by molar-refractivity contribution is 6.35. The van der Waals surface area contributed by atoms with Crippen molar-refractivity contribution >= 4 is 29.1 Å². The highest BCUT2D eigenvalue weighted by Crippen LogP contribution is 2.27. The Balaban J connectivity index is 1.61. The van der Waals surface area contributed by atoms with E-state index in [1.165, 1.54) is 25.8 Å². The molecular formula is C17H25Cl2N2O2+. The summed E-state index contributed by atoms with van der Waals surface area (Å²) in [6, 6.07) is 5.69. The summed E-state index contributed by atoms with van der Waals surface area (Å²) in [5.74, 6) is 0.343. The Bertz CT molecular complexity index is 525. The molecule has 1 unspecified atom stereocenters. The largest absolute Gasteiger partial charge is 0.482 e. The molecular weight excluding hydrogens is 335 g/mol. The Morgan fingerprint density at radius 1 is 1.39 bits per heavy atom. The molecule has 1 saturated heterocycles. The van der Waals surface area contributed by atoms with Crippen molar-refractivity contribution in [3.63, 3.8) is 0 Å². The van der Waals surface area contributed by atoms with Gasteiger partial charge in [0, 0.05) is 18.0 Å². The zero-order valence-electron chi connectivity index (χ0n) is 13.5. The van der Waals surface area contributed by atoms with Gasteiger partial charge < -0.3 is 15.0 Å². The normalized spacial score (nSPS) is 21.0. The van der Waals surface area contributed by atoms with E-state index in [0.717, 1.165) is 19.0 Å². The molecule has 1 aliphatic rings. The number of piperidine rings is 1. The first-order valence-corrected chi connectivity index (χ1v) is 9.01. The van der Waals surface area contributed by atoms with Crippen LogP contribution in [0, 0.1) is 0 Å².